The summed E-state index contributed by atoms with van der Waals surface area (Å²) in [7, 11) is 0. The fourth-order valence-corrected chi connectivity index (χ4v) is 3.25. The van der Waals surface area contributed by atoms with E-state index < -0.39 is 0 Å². The van der Waals surface area contributed by atoms with E-state index in [1.54, 1.807) is 0 Å². The van der Waals surface area contributed by atoms with Crippen LogP contribution in [0.4, 0.5) is 0 Å². The van der Waals surface area contributed by atoms with Crippen LogP contribution in [0.3, 0.4) is 0 Å². The lowest BCUT2D eigenvalue weighted by molar-refractivity contribution is 0.355. The van der Waals surface area contributed by atoms with Crippen molar-refractivity contribution in [3.63, 3.8) is 0 Å². The summed E-state index contributed by atoms with van der Waals surface area (Å²) in [6, 6.07) is 2.53. The zero-order chi connectivity index (χ0) is 9.26. The first-order chi connectivity index (χ1) is 6.33. The molecule has 1 aliphatic carbocycles. The summed E-state index contributed by atoms with van der Waals surface area (Å²) in [5.41, 5.74) is 7.65. The van der Waals surface area contributed by atoms with Crippen LogP contribution in [0.5, 0.6) is 0 Å². The van der Waals surface area contributed by atoms with Crippen molar-refractivity contribution in [2.24, 2.45) is 11.7 Å². The molecule has 1 aromatic heterocycles. The molecule has 13 heavy (non-hydrogen) atoms. The molecule has 0 fully saturated rings. The van der Waals surface area contributed by atoms with Crippen molar-refractivity contribution in [2.75, 3.05) is 0 Å². The second kappa shape index (κ2) is 3.81. The number of hydrogen-bond acceptors (Lipinski definition) is 2. The Bertz CT molecular complexity index is 279. The Morgan fingerprint density at radius 1 is 1.62 bits per heavy atom. The van der Waals surface area contributed by atoms with Crippen LogP contribution in [0.25, 0.3) is 0 Å². The minimum Gasteiger partial charge on any atom is -0.324 e. The highest BCUT2D eigenvalue weighted by Crippen LogP contribution is 2.37. The molecule has 1 heterocycles. The fraction of sp³-hybridized carbons (Fsp3) is 0.636. The number of nitrogens with two attached hydrogens (primary N) is 1. The normalized spacial score (nSPS) is 27.2. The molecule has 1 aromatic rings. The van der Waals surface area contributed by atoms with Gasteiger partial charge < -0.3 is 5.73 Å². The quantitative estimate of drug-likeness (QED) is 0.771. The van der Waals surface area contributed by atoms with Crippen molar-refractivity contribution >= 4 is 11.3 Å². The second-order valence-corrected chi connectivity index (χ2v) is 4.91. The molecule has 0 spiro atoms. The van der Waals surface area contributed by atoms with Crippen LogP contribution in [-0.2, 0) is 6.42 Å². The van der Waals surface area contributed by atoms with Gasteiger partial charge in [-0.1, -0.05) is 13.3 Å². The summed E-state index contributed by atoms with van der Waals surface area (Å²) in [5, 5.41) is 2.18. The molecule has 72 valence electrons. The molecular weight excluding hydrogens is 178 g/mol. The largest absolute Gasteiger partial charge is 0.324 e. The number of rotatable bonds is 2. The van der Waals surface area contributed by atoms with E-state index in [9.17, 15) is 0 Å². The lowest BCUT2D eigenvalue weighted by Gasteiger charge is -2.28. The maximum atomic E-state index is 6.23. The Morgan fingerprint density at radius 3 is 3.23 bits per heavy atom. The monoisotopic (exact) mass is 195 g/mol. The molecule has 0 amide bonds. The van der Waals surface area contributed by atoms with Crippen LogP contribution in [0.15, 0.2) is 11.4 Å². The fourth-order valence-electron chi connectivity index (χ4n) is 2.30. The summed E-state index contributed by atoms with van der Waals surface area (Å²) in [4.78, 5) is 1.53. The number of aryl methyl sites for hydroxylation is 1. The standard InChI is InChI=1S/C11H17NS/c1-2-3-8-4-5-10-9(11(8)12)6-7-13-10/h6-8,11H,2-5,12H2,1H3/t8-,11+/m0/s1. The smallest absolute Gasteiger partial charge is 0.0334 e. The molecule has 1 nitrogen and oxygen atoms in total. The zero-order valence-corrected chi connectivity index (χ0v) is 8.94. The Hall–Kier alpha value is -0.340. The third-order valence-corrected chi connectivity index (χ3v) is 4.05. The summed E-state index contributed by atoms with van der Waals surface area (Å²) < 4.78 is 0. The van der Waals surface area contributed by atoms with Crippen LogP contribution in [0.2, 0.25) is 0 Å². The lowest BCUT2D eigenvalue weighted by Crippen LogP contribution is -2.25. The predicted octanol–water partition coefficient (Wildman–Crippen LogP) is 3.11. The minimum atomic E-state index is 0.315. The van der Waals surface area contributed by atoms with Gasteiger partial charge in [0, 0.05) is 10.9 Å². The highest BCUT2D eigenvalue weighted by molar-refractivity contribution is 7.10. The number of fused-ring (bicyclic) bond motifs is 1. The summed E-state index contributed by atoms with van der Waals surface area (Å²) in [6.07, 6.45) is 5.10. The highest BCUT2D eigenvalue weighted by atomic mass is 32.1. The van der Waals surface area contributed by atoms with Gasteiger partial charge in [0.1, 0.15) is 0 Å². The first kappa shape index (κ1) is 9.22. The Kier molecular flexibility index (Phi) is 2.70. The summed E-state index contributed by atoms with van der Waals surface area (Å²) >= 11 is 1.87. The van der Waals surface area contributed by atoms with Gasteiger partial charge in [-0.3, -0.25) is 0 Å². The summed E-state index contributed by atoms with van der Waals surface area (Å²) in [5.74, 6) is 0.729. The van der Waals surface area contributed by atoms with Crippen LogP contribution in [0, 0.1) is 5.92 Å². The molecule has 1 aliphatic rings. The topological polar surface area (TPSA) is 26.0 Å². The van der Waals surface area contributed by atoms with Crippen LogP contribution >= 0.6 is 11.3 Å². The predicted molar refractivity (Wildman–Crippen MR) is 58.0 cm³/mol. The maximum Gasteiger partial charge on any atom is 0.0334 e. The van der Waals surface area contributed by atoms with E-state index >= 15 is 0 Å². The Balaban J connectivity index is 2.17. The van der Waals surface area contributed by atoms with Gasteiger partial charge in [-0.05, 0) is 42.2 Å². The van der Waals surface area contributed by atoms with E-state index in [1.807, 2.05) is 11.3 Å². The summed E-state index contributed by atoms with van der Waals surface area (Å²) in [6.45, 7) is 2.25. The van der Waals surface area contributed by atoms with Crippen molar-refractivity contribution in [1.82, 2.24) is 0 Å². The van der Waals surface area contributed by atoms with E-state index in [2.05, 4.69) is 18.4 Å². The van der Waals surface area contributed by atoms with Crippen molar-refractivity contribution < 1.29 is 0 Å². The molecule has 0 unspecified atom stereocenters. The molecule has 0 radical (unpaired) electrons. The first-order valence-corrected chi connectivity index (χ1v) is 6.02. The van der Waals surface area contributed by atoms with E-state index in [-0.39, 0.29) is 0 Å². The second-order valence-electron chi connectivity index (χ2n) is 3.91. The van der Waals surface area contributed by atoms with Crippen molar-refractivity contribution in [2.45, 2.75) is 38.6 Å². The third kappa shape index (κ3) is 1.65. The first-order valence-electron chi connectivity index (χ1n) is 5.14. The van der Waals surface area contributed by atoms with Crippen LogP contribution in [0.1, 0.15) is 42.7 Å². The van der Waals surface area contributed by atoms with Crippen molar-refractivity contribution in [3.8, 4) is 0 Å². The van der Waals surface area contributed by atoms with E-state index in [0.29, 0.717) is 6.04 Å². The van der Waals surface area contributed by atoms with Gasteiger partial charge in [-0.15, -0.1) is 11.3 Å². The lowest BCUT2D eigenvalue weighted by atomic mass is 9.82. The Labute approximate surface area is 84.0 Å². The highest BCUT2D eigenvalue weighted by Gasteiger charge is 2.26. The molecule has 0 bridgehead atoms. The average Bonchev–Trinajstić information content (AvgIpc) is 2.58. The van der Waals surface area contributed by atoms with Gasteiger partial charge in [-0.2, -0.15) is 0 Å². The Morgan fingerprint density at radius 2 is 2.46 bits per heavy atom. The van der Waals surface area contributed by atoms with Gasteiger partial charge >= 0.3 is 0 Å². The average molecular weight is 195 g/mol. The third-order valence-electron chi connectivity index (χ3n) is 3.05. The zero-order valence-electron chi connectivity index (χ0n) is 8.12. The minimum absolute atomic E-state index is 0.315. The van der Waals surface area contributed by atoms with Gasteiger partial charge in [0.15, 0.2) is 0 Å². The van der Waals surface area contributed by atoms with Gasteiger partial charge in [0.2, 0.25) is 0 Å². The van der Waals surface area contributed by atoms with E-state index in [1.165, 1.54) is 36.1 Å². The van der Waals surface area contributed by atoms with Gasteiger partial charge in [-0.25, -0.2) is 0 Å². The molecule has 2 rings (SSSR count). The molecule has 0 aromatic carbocycles. The van der Waals surface area contributed by atoms with Crippen LogP contribution in [-0.4, -0.2) is 0 Å². The molecule has 0 aliphatic heterocycles. The molecule has 0 saturated carbocycles. The van der Waals surface area contributed by atoms with E-state index in [0.717, 1.165) is 5.92 Å². The molecule has 2 heteroatoms. The number of thiophene rings is 1. The van der Waals surface area contributed by atoms with Crippen LogP contribution < -0.4 is 5.73 Å². The molecule has 2 N–H and O–H groups in total. The van der Waals surface area contributed by atoms with Crippen molar-refractivity contribution in [1.29, 1.82) is 0 Å². The van der Waals surface area contributed by atoms with Crippen molar-refractivity contribution in [3.05, 3.63) is 21.9 Å². The number of hydrogen-bond donors (Lipinski definition) is 1. The molecule has 0 saturated heterocycles. The molecule has 2 atom stereocenters. The SMILES string of the molecule is CCC[C@H]1CCc2sccc2[C@@H]1N. The molecular formula is C11H17NS. The van der Waals surface area contributed by atoms with E-state index in [4.69, 9.17) is 5.73 Å². The maximum absolute atomic E-state index is 6.23. The van der Waals surface area contributed by atoms with Gasteiger partial charge in [0.25, 0.3) is 0 Å². The van der Waals surface area contributed by atoms with Gasteiger partial charge in [0.05, 0.1) is 0 Å².